The van der Waals surface area contributed by atoms with Crippen LogP contribution in [0.4, 0.5) is 13.2 Å². The Morgan fingerprint density at radius 2 is 1.64 bits per heavy atom. The fourth-order valence-electron chi connectivity index (χ4n) is 5.27. The van der Waals surface area contributed by atoms with Crippen LogP contribution in [0.15, 0.2) is 66.7 Å². The number of carbonyl (C=O) groups excluding carboxylic acids is 1. The Bertz CT molecular complexity index is 1270. The van der Waals surface area contributed by atoms with E-state index in [2.05, 4.69) is 11.0 Å². The molecule has 0 amide bonds. The molecule has 1 heterocycles. The summed E-state index contributed by atoms with van der Waals surface area (Å²) in [6.45, 7) is 3.83. The number of alkyl halides is 1. The molecule has 1 fully saturated rings. The summed E-state index contributed by atoms with van der Waals surface area (Å²) in [5, 5.41) is 9.41. The van der Waals surface area contributed by atoms with Crippen molar-refractivity contribution in [3.8, 4) is 6.07 Å². The molecule has 186 valence electrons. The van der Waals surface area contributed by atoms with E-state index in [1.165, 1.54) is 33.1 Å². The molecule has 1 saturated heterocycles. The third-order valence-corrected chi connectivity index (χ3v) is 6.74. The van der Waals surface area contributed by atoms with Crippen molar-refractivity contribution in [2.45, 2.75) is 31.5 Å². The molecule has 0 spiro atoms. The van der Waals surface area contributed by atoms with Crippen molar-refractivity contribution in [3.05, 3.63) is 106 Å². The number of hydrogen-bond donors (Lipinski definition) is 0. The summed E-state index contributed by atoms with van der Waals surface area (Å²) in [6, 6.07) is 19.4. The van der Waals surface area contributed by atoms with E-state index >= 15 is 4.39 Å². The Balaban J connectivity index is 1.66. The Morgan fingerprint density at radius 1 is 1.00 bits per heavy atom. The van der Waals surface area contributed by atoms with Gasteiger partial charge in [-0.1, -0.05) is 24.3 Å². The van der Waals surface area contributed by atoms with E-state index < -0.39 is 29.2 Å². The van der Waals surface area contributed by atoms with E-state index in [1.54, 1.807) is 18.2 Å². The van der Waals surface area contributed by atoms with Crippen LogP contribution in [0.3, 0.4) is 0 Å². The standard InChI is InChI=1S/C29H27F3N2O2/c1-29(2,32)26(22-12-24(30)14-25(31)13-22)23-16-34(17-23)27(21-6-4-5-18(11-21)15-33)19-7-9-20(10-8-19)28(35)36-3/h4-14,23,26-27H,16-17H2,1-3H3. The summed E-state index contributed by atoms with van der Waals surface area (Å²) in [5.74, 6) is -2.78. The number of methoxy groups -OCH3 is 1. The summed E-state index contributed by atoms with van der Waals surface area (Å²) in [7, 11) is 1.32. The van der Waals surface area contributed by atoms with Gasteiger partial charge < -0.3 is 4.74 Å². The number of carbonyl (C=O) groups is 1. The molecule has 0 radical (unpaired) electrons. The van der Waals surface area contributed by atoms with Gasteiger partial charge in [0.25, 0.3) is 0 Å². The highest BCUT2D eigenvalue weighted by molar-refractivity contribution is 5.89. The van der Waals surface area contributed by atoms with Crippen LogP contribution < -0.4 is 0 Å². The predicted octanol–water partition coefficient (Wildman–Crippen LogP) is 6.18. The third kappa shape index (κ3) is 5.29. The summed E-state index contributed by atoms with van der Waals surface area (Å²) < 4.78 is 48.1. The molecule has 4 rings (SSSR count). The summed E-state index contributed by atoms with van der Waals surface area (Å²) in [4.78, 5) is 14.0. The van der Waals surface area contributed by atoms with Crippen LogP contribution in [0.2, 0.25) is 0 Å². The maximum atomic E-state index is 15.4. The molecule has 0 saturated carbocycles. The molecular weight excluding hydrogens is 465 g/mol. The van der Waals surface area contributed by atoms with Gasteiger partial charge in [0, 0.05) is 25.1 Å². The van der Waals surface area contributed by atoms with Gasteiger partial charge in [0.15, 0.2) is 0 Å². The van der Waals surface area contributed by atoms with Gasteiger partial charge in [0.05, 0.1) is 30.3 Å². The van der Waals surface area contributed by atoms with Crippen molar-refractivity contribution in [3.63, 3.8) is 0 Å². The lowest BCUT2D eigenvalue weighted by atomic mass is 9.72. The number of hydrogen-bond acceptors (Lipinski definition) is 4. The summed E-state index contributed by atoms with van der Waals surface area (Å²) in [5.41, 5.74) is 1.30. The first-order valence-electron chi connectivity index (χ1n) is 11.7. The van der Waals surface area contributed by atoms with Crippen LogP contribution >= 0.6 is 0 Å². The number of benzene rings is 3. The predicted molar refractivity (Wildman–Crippen MR) is 130 cm³/mol. The molecule has 3 aromatic carbocycles. The Hall–Kier alpha value is -3.63. The number of esters is 1. The monoisotopic (exact) mass is 492 g/mol. The lowest BCUT2D eigenvalue weighted by Crippen LogP contribution is -2.53. The molecule has 4 nitrogen and oxygen atoms in total. The zero-order chi connectivity index (χ0) is 26.0. The first kappa shape index (κ1) is 25.5. The van der Waals surface area contributed by atoms with Crippen LogP contribution in [0.25, 0.3) is 0 Å². The third-order valence-electron chi connectivity index (χ3n) is 6.74. The van der Waals surface area contributed by atoms with Crippen LogP contribution in [-0.4, -0.2) is 36.7 Å². The number of nitriles is 1. The number of halogens is 3. The van der Waals surface area contributed by atoms with Crippen molar-refractivity contribution in [1.82, 2.24) is 4.90 Å². The highest BCUT2D eigenvalue weighted by atomic mass is 19.1. The molecule has 2 unspecified atom stereocenters. The molecule has 0 N–H and O–H groups in total. The number of rotatable bonds is 7. The number of likely N-dealkylation sites (tertiary alicyclic amines) is 1. The van der Waals surface area contributed by atoms with E-state index in [4.69, 9.17) is 4.74 Å². The fourth-order valence-corrected chi connectivity index (χ4v) is 5.27. The van der Waals surface area contributed by atoms with Crippen LogP contribution in [-0.2, 0) is 4.74 Å². The average molecular weight is 493 g/mol. The van der Waals surface area contributed by atoms with Crippen LogP contribution in [0.1, 0.15) is 58.4 Å². The van der Waals surface area contributed by atoms with Crippen molar-refractivity contribution >= 4 is 5.97 Å². The molecule has 3 aromatic rings. The van der Waals surface area contributed by atoms with E-state index in [1.807, 2.05) is 30.3 Å². The van der Waals surface area contributed by atoms with E-state index in [0.717, 1.165) is 17.2 Å². The minimum Gasteiger partial charge on any atom is -0.465 e. The molecule has 1 aliphatic heterocycles. The first-order valence-corrected chi connectivity index (χ1v) is 11.7. The molecule has 0 bridgehead atoms. The van der Waals surface area contributed by atoms with Gasteiger partial charge in [-0.25, -0.2) is 18.0 Å². The van der Waals surface area contributed by atoms with Crippen molar-refractivity contribution in [2.24, 2.45) is 5.92 Å². The number of ether oxygens (including phenoxy) is 1. The molecule has 2 atom stereocenters. The highest BCUT2D eigenvalue weighted by Gasteiger charge is 2.45. The second-order valence-electron chi connectivity index (χ2n) is 9.71. The molecule has 0 aliphatic carbocycles. The fraction of sp³-hybridized carbons (Fsp3) is 0.310. The SMILES string of the molecule is COC(=O)c1ccc(C(c2cccc(C#N)c2)N2CC(C(c3cc(F)cc(F)c3)C(C)(C)F)C2)cc1. The summed E-state index contributed by atoms with van der Waals surface area (Å²) in [6.07, 6.45) is 0. The molecule has 7 heteroatoms. The quantitative estimate of drug-likeness (QED) is 0.370. The maximum Gasteiger partial charge on any atom is 0.337 e. The Labute approximate surface area is 208 Å². The summed E-state index contributed by atoms with van der Waals surface area (Å²) >= 11 is 0. The minimum absolute atomic E-state index is 0.179. The molecule has 1 aliphatic rings. The normalized spacial score (nSPS) is 16.0. The first-order chi connectivity index (χ1) is 17.1. The lowest BCUT2D eigenvalue weighted by molar-refractivity contribution is 0.00804. The highest BCUT2D eigenvalue weighted by Crippen LogP contribution is 2.45. The second kappa shape index (κ2) is 10.2. The van der Waals surface area contributed by atoms with Crippen molar-refractivity contribution < 1.29 is 22.7 Å². The van der Waals surface area contributed by atoms with Gasteiger partial charge in [-0.05, 0) is 72.9 Å². The van der Waals surface area contributed by atoms with Gasteiger partial charge in [0.1, 0.15) is 17.3 Å². The van der Waals surface area contributed by atoms with Crippen LogP contribution in [0.5, 0.6) is 0 Å². The second-order valence-corrected chi connectivity index (χ2v) is 9.71. The van der Waals surface area contributed by atoms with Gasteiger partial charge in [0.2, 0.25) is 0 Å². The van der Waals surface area contributed by atoms with Crippen molar-refractivity contribution in [1.29, 1.82) is 5.26 Å². The van der Waals surface area contributed by atoms with E-state index in [0.29, 0.717) is 29.8 Å². The molecular formula is C29H27F3N2O2. The Morgan fingerprint density at radius 3 is 2.19 bits per heavy atom. The van der Waals surface area contributed by atoms with Crippen molar-refractivity contribution in [2.75, 3.05) is 20.2 Å². The largest absolute Gasteiger partial charge is 0.465 e. The Kier molecular flexibility index (Phi) is 7.18. The van der Waals surface area contributed by atoms with Crippen LogP contribution in [0, 0.1) is 28.9 Å². The van der Waals surface area contributed by atoms with Gasteiger partial charge in [-0.2, -0.15) is 5.26 Å². The van der Waals surface area contributed by atoms with Gasteiger partial charge in [-0.3, -0.25) is 4.90 Å². The zero-order valence-corrected chi connectivity index (χ0v) is 20.3. The lowest BCUT2D eigenvalue weighted by Gasteiger charge is -2.50. The molecule has 36 heavy (non-hydrogen) atoms. The molecule has 0 aromatic heterocycles. The minimum atomic E-state index is -1.70. The average Bonchev–Trinajstić information content (AvgIpc) is 2.81. The topological polar surface area (TPSA) is 53.3 Å². The zero-order valence-electron chi connectivity index (χ0n) is 20.3. The maximum absolute atomic E-state index is 15.4. The van der Waals surface area contributed by atoms with E-state index in [9.17, 15) is 18.8 Å². The number of nitrogens with zero attached hydrogens (tertiary/aromatic N) is 2. The van der Waals surface area contributed by atoms with Gasteiger partial charge in [-0.15, -0.1) is 0 Å². The van der Waals surface area contributed by atoms with Gasteiger partial charge >= 0.3 is 5.97 Å². The van der Waals surface area contributed by atoms with E-state index in [-0.39, 0.29) is 12.0 Å². The smallest absolute Gasteiger partial charge is 0.337 e.